The molecular weight excluding hydrogens is 1020 g/mol. The number of allylic oxidation sites excluding steroid dienone is 1. The van der Waals surface area contributed by atoms with Crippen LogP contribution in [0.4, 0.5) is 16.2 Å². The van der Waals surface area contributed by atoms with Crippen LogP contribution >= 0.6 is 0 Å². The summed E-state index contributed by atoms with van der Waals surface area (Å²) in [5.74, 6) is -1.64. The van der Waals surface area contributed by atoms with Crippen LogP contribution in [0.5, 0.6) is 17.2 Å². The Morgan fingerprint density at radius 1 is 0.787 bits per heavy atom. The summed E-state index contributed by atoms with van der Waals surface area (Å²) in [5.41, 5.74) is 3.56. The summed E-state index contributed by atoms with van der Waals surface area (Å²) in [5, 5.41) is 50.6. The highest BCUT2D eigenvalue weighted by molar-refractivity contribution is 6.03. The highest BCUT2D eigenvalue weighted by Crippen LogP contribution is 2.62. The average molecular weight is 1100 g/mol. The number of carbonyl (C=O) groups excluding carboxylic acids is 1. The van der Waals surface area contributed by atoms with Crippen LogP contribution in [0.3, 0.4) is 0 Å². The molecule has 5 aromatic carbocycles. The van der Waals surface area contributed by atoms with Crippen molar-refractivity contribution in [2.45, 2.75) is 147 Å². The first-order valence-corrected chi connectivity index (χ1v) is 28.8. The smallest absolute Gasteiger partial charge is 0.410 e. The largest absolute Gasteiger partial charge is 0.459 e. The Kier molecular flexibility index (Phi) is 21.6. The van der Waals surface area contributed by atoms with E-state index >= 15 is 4.79 Å². The summed E-state index contributed by atoms with van der Waals surface area (Å²) in [6.45, 7) is 6.74. The topological polar surface area (TPSA) is 206 Å². The van der Waals surface area contributed by atoms with Gasteiger partial charge < -0.3 is 34.0 Å². The van der Waals surface area contributed by atoms with Gasteiger partial charge in [0.1, 0.15) is 29.9 Å². The molecule has 0 aromatic heterocycles. The molecule has 0 spiro atoms. The zero-order chi connectivity index (χ0) is 56.3. The molecule has 5 aromatic rings. The molecule has 6 unspecified atom stereocenters. The van der Waals surface area contributed by atoms with E-state index in [0.29, 0.717) is 54.9 Å². The number of non-ortho nitro benzene ring substituents is 2. The molecule has 1 aliphatic heterocycles. The summed E-state index contributed by atoms with van der Waals surface area (Å²) < 4.78 is 27.6. The zero-order valence-electron chi connectivity index (χ0n) is 46.2. The number of ether oxygens (including phenoxy) is 4. The number of amides is 1. The van der Waals surface area contributed by atoms with Crippen LogP contribution in [0.1, 0.15) is 139 Å². The maximum atomic E-state index is 15.5. The number of rotatable bonds is 32. The van der Waals surface area contributed by atoms with Crippen molar-refractivity contribution < 1.29 is 48.6 Å². The lowest BCUT2D eigenvalue weighted by molar-refractivity contribution is -0.385. The number of nitro benzene ring substituents is 2. The van der Waals surface area contributed by atoms with E-state index in [2.05, 4.69) is 19.6 Å². The number of unbranched alkanes of at least 4 members (excludes halogenated alkanes) is 11. The normalized spacial score (nSPS) is 20.5. The van der Waals surface area contributed by atoms with Crippen LogP contribution in [0.25, 0.3) is 10.8 Å². The van der Waals surface area contributed by atoms with Gasteiger partial charge in [-0.1, -0.05) is 143 Å². The SMILES string of the molecule is C=CCOC12Oc3ccc(Oc4cccc([N+](=O)[O-])c4)cc3C3C(CCCCO)C(CCCCO)C=C(C(=NOCc4ccc([N+](=O)[O-])cc4)CC1N(Cc1cccc4ccccc14)C(=O)OCCCCCCCCCCCC)C32. The molecule has 8 rings (SSSR count). The van der Waals surface area contributed by atoms with E-state index in [1.54, 1.807) is 41.3 Å². The van der Waals surface area contributed by atoms with Crippen LogP contribution in [-0.2, 0) is 27.5 Å². The Balaban J connectivity index is 1.27. The number of aliphatic hydroxyl groups excluding tert-OH is 2. The predicted octanol–water partition coefficient (Wildman–Crippen LogP) is 14.8. The number of nitro groups is 2. The van der Waals surface area contributed by atoms with Gasteiger partial charge >= 0.3 is 6.09 Å². The van der Waals surface area contributed by atoms with Crippen LogP contribution in [0.2, 0.25) is 0 Å². The van der Waals surface area contributed by atoms with Crippen LogP contribution in [0, 0.1) is 38.0 Å². The summed E-state index contributed by atoms with van der Waals surface area (Å²) in [6, 6.07) is 30.9. The molecule has 0 saturated heterocycles. The van der Waals surface area contributed by atoms with Gasteiger partial charge in [-0.05, 0) is 108 Å². The number of oxime groups is 1. The minimum atomic E-state index is -1.61. The van der Waals surface area contributed by atoms with E-state index in [-0.39, 0.29) is 75.0 Å². The van der Waals surface area contributed by atoms with Gasteiger partial charge in [-0.3, -0.25) is 25.1 Å². The average Bonchev–Trinajstić information content (AvgIpc) is 3.66. The molecule has 80 heavy (non-hydrogen) atoms. The number of fused-ring (bicyclic) bond motifs is 3. The van der Waals surface area contributed by atoms with Crippen LogP contribution < -0.4 is 9.47 Å². The lowest BCUT2D eigenvalue weighted by Crippen LogP contribution is -2.70. The predicted molar refractivity (Wildman–Crippen MR) is 309 cm³/mol. The molecule has 426 valence electrons. The molecular formula is C64H78N4O12. The second-order valence-corrected chi connectivity index (χ2v) is 21.4. The molecule has 1 heterocycles. The first-order valence-electron chi connectivity index (χ1n) is 28.8. The molecule has 6 atom stereocenters. The Morgan fingerprint density at radius 3 is 2.20 bits per heavy atom. The van der Waals surface area contributed by atoms with Crippen molar-refractivity contribution >= 4 is 34.0 Å². The fourth-order valence-electron chi connectivity index (χ4n) is 12.2. The maximum Gasteiger partial charge on any atom is 0.410 e. The van der Waals surface area contributed by atoms with Gasteiger partial charge in [0.15, 0.2) is 0 Å². The van der Waals surface area contributed by atoms with Crippen LogP contribution in [-0.4, -0.2) is 75.0 Å². The quantitative estimate of drug-likeness (QED) is 0.0179. The van der Waals surface area contributed by atoms with Crippen molar-refractivity contribution in [3.63, 3.8) is 0 Å². The van der Waals surface area contributed by atoms with Crippen LogP contribution in [0.15, 0.2) is 139 Å². The van der Waals surface area contributed by atoms with Gasteiger partial charge in [0.05, 0.1) is 47.3 Å². The number of hydrogen-bond acceptors (Lipinski definition) is 13. The Labute approximate surface area is 469 Å². The number of carbonyl (C=O) groups is 1. The monoisotopic (exact) mass is 1090 g/mol. The summed E-state index contributed by atoms with van der Waals surface area (Å²) >= 11 is 0. The molecule has 16 heteroatoms. The second-order valence-electron chi connectivity index (χ2n) is 21.4. The number of hydrogen-bond donors (Lipinski definition) is 2. The summed E-state index contributed by atoms with van der Waals surface area (Å²) in [4.78, 5) is 46.0. The van der Waals surface area contributed by atoms with Gasteiger partial charge in [-0.25, -0.2) is 4.79 Å². The van der Waals surface area contributed by atoms with Gasteiger partial charge in [0.2, 0.25) is 5.79 Å². The molecule has 0 radical (unpaired) electrons. The zero-order valence-corrected chi connectivity index (χ0v) is 46.2. The maximum absolute atomic E-state index is 15.5. The number of nitrogens with zero attached hydrogens (tertiary/aromatic N) is 4. The van der Waals surface area contributed by atoms with E-state index in [1.807, 2.05) is 54.6 Å². The van der Waals surface area contributed by atoms with E-state index in [0.717, 1.165) is 59.6 Å². The van der Waals surface area contributed by atoms with Crippen molar-refractivity contribution in [1.29, 1.82) is 0 Å². The molecule has 1 amide bonds. The van der Waals surface area contributed by atoms with Gasteiger partial charge in [0, 0.05) is 49.3 Å². The first kappa shape index (κ1) is 59.0. The first-order chi connectivity index (χ1) is 39.1. The minimum Gasteiger partial charge on any atom is -0.459 e. The molecule has 0 bridgehead atoms. The Hall–Kier alpha value is -7.14. The van der Waals surface area contributed by atoms with Crippen molar-refractivity contribution in [3.05, 3.63) is 170 Å². The second kappa shape index (κ2) is 29.4. The molecule has 1 saturated carbocycles. The number of aliphatic hydroxyl groups is 2. The number of benzene rings is 5. The molecule has 16 nitrogen and oxygen atoms in total. The molecule has 2 aliphatic carbocycles. The minimum absolute atomic E-state index is 0.00630. The van der Waals surface area contributed by atoms with Crippen molar-refractivity contribution in [2.24, 2.45) is 22.9 Å². The summed E-state index contributed by atoms with van der Waals surface area (Å²) in [6.07, 6.45) is 18.8. The third kappa shape index (κ3) is 14.6. The third-order valence-electron chi connectivity index (χ3n) is 16.0. The van der Waals surface area contributed by atoms with Gasteiger partial charge in [-0.15, -0.1) is 6.58 Å². The fourth-order valence-corrected chi connectivity index (χ4v) is 12.2. The van der Waals surface area contributed by atoms with E-state index in [9.17, 15) is 30.4 Å². The lowest BCUT2D eigenvalue weighted by atomic mass is 9.55. The van der Waals surface area contributed by atoms with Gasteiger partial charge in [-0.2, -0.15) is 0 Å². The highest BCUT2D eigenvalue weighted by atomic mass is 16.7. The summed E-state index contributed by atoms with van der Waals surface area (Å²) in [7, 11) is 0. The van der Waals surface area contributed by atoms with E-state index < -0.39 is 39.6 Å². The van der Waals surface area contributed by atoms with Gasteiger partial charge in [0.25, 0.3) is 11.4 Å². The molecule has 1 fully saturated rings. The van der Waals surface area contributed by atoms with Crippen molar-refractivity contribution in [1.82, 2.24) is 4.90 Å². The standard InChI is InChI=1S/C64H78N4O12/c1-3-5-6-7-8-9-10-11-12-19-39-76-63(71)66(44-49-25-20-24-47-22-13-14-28-54(47)49)60-43-58(65-78-45-46-30-32-50(33-31-46)67(72)73)56-40-48(23-15-17-36-69)55(29-16-18-37-70)61-57-42-53(79-52-27-21-26-51(41-52)68(74)75)34-35-59(57)80-64(60,62(56)61)77-38-4-2/h4,13-14,20-22,24-28,30-35,40-42,48,55,60-62,69-70H,2-3,5-12,15-19,23,29,36-39,43-45H2,1H3. The van der Waals surface area contributed by atoms with E-state index in [4.69, 9.17) is 28.9 Å². The van der Waals surface area contributed by atoms with E-state index in [1.165, 1.54) is 62.8 Å². The Bertz CT molecular complexity index is 2920. The highest BCUT2D eigenvalue weighted by Gasteiger charge is 2.66. The fraction of sp³-hybridized carbons (Fsp3) is 0.469. The third-order valence-corrected chi connectivity index (χ3v) is 16.0. The Morgan fingerprint density at radius 2 is 1.48 bits per heavy atom. The molecule has 2 N–H and O–H groups in total. The lowest BCUT2D eigenvalue weighted by Gasteiger charge is -2.59. The molecule has 3 aliphatic rings. The van der Waals surface area contributed by atoms with Crippen molar-refractivity contribution in [3.8, 4) is 17.2 Å². The van der Waals surface area contributed by atoms with Crippen molar-refractivity contribution in [2.75, 3.05) is 26.4 Å².